The van der Waals surface area contributed by atoms with Gasteiger partial charge in [-0.05, 0) is 66.3 Å². The van der Waals surface area contributed by atoms with E-state index in [4.69, 9.17) is 4.74 Å². The van der Waals surface area contributed by atoms with Crippen molar-refractivity contribution in [1.82, 2.24) is 9.88 Å². The van der Waals surface area contributed by atoms with Crippen LogP contribution in [0.25, 0.3) is 16.7 Å². The molecule has 1 amide bonds. The van der Waals surface area contributed by atoms with E-state index >= 15 is 0 Å². The number of ketones is 1. The van der Waals surface area contributed by atoms with Gasteiger partial charge in [0.2, 0.25) is 0 Å². The van der Waals surface area contributed by atoms with Gasteiger partial charge < -0.3 is 24.8 Å². The normalized spacial score (nSPS) is 17.1. The van der Waals surface area contributed by atoms with E-state index in [-0.39, 0.29) is 29.0 Å². The van der Waals surface area contributed by atoms with E-state index in [1.54, 1.807) is 24.3 Å². The Morgan fingerprint density at radius 3 is 2.45 bits per heavy atom. The number of aliphatic hydroxyl groups excluding tert-OH is 1. The molecule has 1 atom stereocenters. The topological polar surface area (TPSA) is 103 Å². The Balaban J connectivity index is 1.59. The van der Waals surface area contributed by atoms with Crippen LogP contribution in [0.5, 0.6) is 11.5 Å². The number of aromatic nitrogens is 1. The van der Waals surface area contributed by atoms with E-state index in [0.29, 0.717) is 29.9 Å². The lowest BCUT2D eigenvalue weighted by Crippen LogP contribution is -2.31. The molecule has 1 aromatic heterocycles. The van der Waals surface area contributed by atoms with Crippen molar-refractivity contribution in [2.75, 3.05) is 13.2 Å². The maximum atomic E-state index is 13.5. The van der Waals surface area contributed by atoms with Gasteiger partial charge in [-0.15, -0.1) is 0 Å². The van der Waals surface area contributed by atoms with Gasteiger partial charge in [0, 0.05) is 34.8 Å². The summed E-state index contributed by atoms with van der Waals surface area (Å²) in [6.07, 6.45) is 2.44. The highest BCUT2D eigenvalue weighted by Gasteiger charge is 2.46. The molecule has 4 aromatic rings. The maximum absolute atomic E-state index is 13.5. The van der Waals surface area contributed by atoms with Crippen LogP contribution in [0.3, 0.4) is 0 Å². The van der Waals surface area contributed by atoms with Gasteiger partial charge >= 0.3 is 0 Å². The zero-order valence-electron chi connectivity index (χ0n) is 23.2. The highest BCUT2D eigenvalue weighted by Crippen LogP contribution is 2.41. The first-order valence-corrected chi connectivity index (χ1v) is 13.5. The fourth-order valence-corrected chi connectivity index (χ4v) is 5.39. The number of ether oxygens (including phenoxy) is 1. The number of fused-ring (bicyclic) bond motifs is 1. The summed E-state index contributed by atoms with van der Waals surface area (Å²) in [5, 5.41) is 22.6. The molecular formula is C33H34N2O5. The number of hydrogen-bond acceptors (Lipinski definition) is 5. The third kappa shape index (κ3) is 4.95. The number of aromatic amines is 1. The van der Waals surface area contributed by atoms with Gasteiger partial charge in [-0.1, -0.05) is 51.1 Å². The van der Waals surface area contributed by atoms with E-state index < -0.39 is 17.7 Å². The minimum Gasteiger partial charge on any atom is -0.508 e. The number of para-hydroxylation sites is 1. The molecule has 5 rings (SSSR count). The smallest absolute Gasteiger partial charge is 0.295 e. The van der Waals surface area contributed by atoms with E-state index in [1.165, 1.54) is 17.0 Å². The van der Waals surface area contributed by atoms with Gasteiger partial charge in [0.15, 0.2) is 0 Å². The van der Waals surface area contributed by atoms with E-state index in [1.807, 2.05) is 43.5 Å². The van der Waals surface area contributed by atoms with Crippen LogP contribution < -0.4 is 4.74 Å². The van der Waals surface area contributed by atoms with Crippen LogP contribution >= 0.6 is 0 Å². The first-order chi connectivity index (χ1) is 19.1. The molecule has 1 aliphatic rings. The molecule has 3 N–H and O–H groups in total. The Morgan fingerprint density at radius 2 is 1.75 bits per heavy atom. The number of phenolic OH excluding ortho intramolecular Hbond substituents is 1. The van der Waals surface area contributed by atoms with Gasteiger partial charge in [-0.3, -0.25) is 9.59 Å². The molecule has 0 saturated carbocycles. The summed E-state index contributed by atoms with van der Waals surface area (Å²) in [5.74, 6) is -0.858. The number of aromatic hydroxyl groups is 1. The Hall–Kier alpha value is -4.52. The summed E-state index contributed by atoms with van der Waals surface area (Å²) in [4.78, 5) is 31.7. The molecule has 206 valence electrons. The van der Waals surface area contributed by atoms with Crippen LogP contribution in [0, 0.1) is 0 Å². The molecule has 7 heteroatoms. The molecule has 0 spiro atoms. The number of benzene rings is 3. The summed E-state index contributed by atoms with van der Waals surface area (Å²) < 4.78 is 5.83. The fourth-order valence-electron chi connectivity index (χ4n) is 5.39. The van der Waals surface area contributed by atoms with Crippen LogP contribution in [0.4, 0.5) is 0 Å². The Labute approximate surface area is 233 Å². The zero-order valence-corrected chi connectivity index (χ0v) is 23.2. The van der Waals surface area contributed by atoms with Crippen molar-refractivity contribution in [1.29, 1.82) is 0 Å². The molecule has 1 unspecified atom stereocenters. The second-order valence-electron chi connectivity index (χ2n) is 11.1. The van der Waals surface area contributed by atoms with E-state index in [9.17, 15) is 19.8 Å². The second kappa shape index (κ2) is 10.6. The van der Waals surface area contributed by atoms with Gasteiger partial charge in [0.25, 0.3) is 11.7 Å². The molecule has 2 heterocycles. The monoisotopic (exact) mass is 538 g/mol. The number of nitrogens with one attached hydrogen (secondary N) is 1. The number of H-pyrrole nitrogens is 1. The third-order valence-corrected chi connectivity index (χ3v) is 7.41. The molecule has 1 aliphatic heterocycles. The second-order valence-corrected chi connectivity index (χ2v) is 11.1. The van der Waals surface area contributed by atoms with Gasteiger partial charge in [0.1, 0.15) is 17.3 Å². The minimum absolute atomic E-state index is 0.0265. The number of phenols is 1. The van der Waals surface area contributed by atoms with Crippen molar-refractivity contribution in [3.8, 4) is 11.5 Å². The predicted octanol–water partition coefficient (Wildman–Crippen LogP) is 6.23. The highest BCUT2D eigenvalue weighted by atomic mass is 16.5. The lowest BCUT2D eigenvalue weighted by atomic mass is 9.84. The van der Waals surface area contributed by atoms with Crippen molar-refractivity contribution in [2.45, 2.75) is 45.6 Å². The number of Topliss-reactive ketones (excluding diaryl/α,β-unsaturated/α-hetero) is 1. The number of carbonyl (C=O) groups excluding carboxylic acids is 2. The van der Waals surface area contributed by atoms with Gasteiger partial charge in [-0.2, -0.15) is 0 Å². The predicted molar refractivity (Wildman–Crippen MR) is 155 cm³/mol. The van der Waals surface area contributed by atoms with Crippen LogP contribution in [-0.4, -0.2) is 44.9 Å². The number of likely N-dealkylation sites (tertiary alicyclic amines) is 1. The maximum Gasteiger partial charge on any atom is 0.295 e. The van der Waals surface area contributed by atoms with Crippen LogP contribution in [-0.2, 0) is 21.4 Å². The molecule has 1 saturated heterocycles. The molecule has 7 nitrogen and oxygen atoms in total. The lowest BCUT2D eigenvalue weighted by molar-refractivity contribution is -0.139. The van der Waals surface area contributed by atoms with Crippen molar-refractivity contribution in [3.05, 3.63) is 101 Å². The summed E-state index contributed by atoms with van der Waals surface area (Å²) >= 11 is 0. The Bertz CT molecular complexity index is 1610. The van der Waals surface area contributed by atoms with Gasteiger partial charge in [0.05, 0.1) is 18.2 Å². The molecule has 3 aromatic carbocycles. The number of carbonyl (C=O) groups is 2. The molecular weight excluding hydrogens is 504 g/mol. The zero-order chi connectivity index (χ0) is 28.6. The Kier molecular flexibility index (Phi) is 7.15. The number of rotatable bonds is 7. The summed E-state index contributed by atoms with van der Waals surface area (Å²) in [7, 11) is 0. The molecule has 0 aliphatic carbocycles. The average molecular weight is 539 g/mol. The van der Waals surface area contributed by atoms with Crippen molar-refractivity contribution in [3.63, 3.8) is 0 Å². The summed E-state index contributed by atoms with van der Waals surface area (Å²) in [6, 6.07) is 18.8. The molecule has 40 heavy (non-hydrogen) atoms. The van der Waals surface area contributed by atoms with Gasteiger partial charge in [-0.25, -0.2) is 0 Å². The number of hydrogen-bond donors (Lipinski definition) is 3. The first-order valence-electron chi connectivity index (χ1n) is 13.5. The fraction of sp³-hybridized carbons (Fsp3) is 0.273. The highest BCUT2D eigenvalue weighted by molar-refractivity contribution is 6.46. The molecule has 0 bridgehead atoms. The molecule has 1 fully saturated rings. The van der Waals surface area contributed by atoms with Crippen molar-refractivity contribution in [2.24, 2.45) is 0 Å². The third-order valence-electron chi connectivity index (χ3n) is 7.41. The first kappa shape index (κ1) is 27.1. The van der Waals surface area contributed by atoms with Crippen LogP contribution in [0.2, 0.25) is 0 Å². The quantitative estimate of drug-likeness (QED) is 0.147. The van der Waals surface area contributed by atoms with Crippen LogP contribution in [0.15, 0.2) is 78.5 Å². The molecule has 0 radical (unpaired) electrons. The lowest BCUT2D eigenvalue weighted by Gasteiger charge is -2.26. The number of amides is 1. The SMILES string of the molecule is CCOc1ccc(/C(O)=C2\C(=O)C(=O)N(CCc3c[nH]c4ccccc34)C2c2ccc(O)cc2)cc1C(C)(C)C. The summed E-state index contributed by atoms with van der Waals surface area (Å²) in [6.45, 7) is 8.83. The minimum atomic E-state index is -0.810. The standard InChI is InChI=1S/C33H34N2O5/c1-5-40-27-15-12-21(18-25(27)33(2,3)4)30(37)28-29(20-10-13-23(36)14-11-20)35(32(39)31(28)38)17-16-22-19-34-26-9-7-6-8-24(22)26/h6-15,18-19,29,34,36-37H,5,16-17H2,1-4H3/b30-28+. The van der Waals surface area contributed by atoms with E-state index in [2.05, 4.69) is 25.8 Å². The number of aliphatic hydroxyl groups is 1. The number of nitrogens with zero attached hydrogens (tertiary/aromatic N) is 1. The van der Waals surface area contributed by atoms with Crippen LogP contribution in [0.1, 0.15) is 56.0 Å². The van der Waals surface area contributed by atoms with Crippen molar-refractivity contribution >= 4 is 28.4 Å². The Morgan fingerprint density at radius 1 is 1.02 bits per heavy atom. The largest absolute Gasteiger partial charge is 0.508 e. The van der Waals surface area contributed by atoms with E-state index in [0.717, 1.165) is 22.0 Å². The average Bonchev–Trinajstić information content (AvgIpc) is 3.45. The summed E-state index contributed by atoms with van der Waals surface area (Å²) in [5.41, 5.74) is 3.71. The van der Waals surface area contributed by atoms with Crippen molar-refractivity contribution < 1.29 is 24.5 Å².